The highest BCUT2D eigenvalue weighted by molar-refractivity contribution is 7.92. The van der Waals surface area contributed by atoms with Crippen LogP contribution in [0.5, 0.6) is 0 Å². The molecule has 0 radical (unpaired) electrons. The van der Waals surface area contributed by atoms with Gasteiger partial charge < -0.3 is 41.0 Å². The van der Waals surface area contributed by atoms with Crippen molar-refractivity contribution in [1.82, 2.24) is 21.3 Å². The van der Waals surface area contributed by atoms with Gasteiger partial charge in [-0.15, -0.1) is 0 Å². The highest BCUT2D eigenvalue weighted by Gasteiger charge is 2.36. The van der Waals surface area contributed by atoms with Crippen LogP contribution in [0.1, 0.15) is 25.7 Å². The minimum absolute atomic E-state index is 0.0530. The van der Waals surface area contributed by atoms with Gasteiger partial charge in [-0.1, -0.05) is 12.8 Å². The number of aliphatic hydroxyl groups excluding tert-OH is 2. The van der Waals surface area contributed by atoms with E-state index < -0.39 is 56.2 Å². The zero-order chi connectivity index (χ0) is 26.6. The highest BCUT2D eigenvalue weighted by Crippen LogP contribution is 2.12. The van der Waals surface area contributed by atoms with Crippen LogP contribution in [0.4, 0.5) is 9.59 Å². The number of hydrogen-bond donors (Lipinski definition) is 6. The molecule has 0 spiro atoms. The van der Waals surface area contributed by atoms with E-state index in [4.69, 9.17) is 9.47 Å². The van der Waals surface area contributed by atoms with Crippen molar-refractivity contribution in [3.63, 3.8) is 0 Å². The summed E-state index contributed by atoms with van der Waals surface area (Å²) in [4.78, 5) is 23.3. The topological polar surface area (TPSA) is 209 Å². The molecule has 2 aliphatic heterocycles. The van der Waals surface area contributed by atoms with Crippen molar-refractivity contribution in [3.8, 4) is 0 Å². The summed E-state index contributed by atoms with van der Waals surface area (Å²) in [7, 11) is -6.45. The third-order valence-corrected chi connectivity index (χ3v) is 9.20. The van der Waals surface area contributed by atoms with Crippen LogP contribution in [0.15, 0.2) is 0 Å². The van der Waals surface area contributed by atoms with Gasteiger partial charge in [-0.25, -0.2) is 26.4 Å². The fourth-order valence-electron chi connectivity index (χ4n) is 3.91. The Morgan fingerprint density at radius 3 is 1.36 bits per heavy atom. The van der Waals surface area contributed by atoms with Crippen LogP contribution in [0, 0.1) is 0 Å². The number of amides is 2. The summed E-state index contributed by atoms with van der Waals surface area (Å²) in [6, 6.07) is -1.09. The van der Waals surface area contributed by atoms with E-state index in [1.165, 1.54) is 0 Å². The Kier molecular flexibility index (Phi) is 12.6. The molecule has 4 atom stereocenters. The molecule has 0 aliphatic carbocycles. The van der Waals surface area contributed by atoms with E-state index in [0.29, 0.717) is 13.1 Å². The summed E-state index contributed by atoms with van der Waals surface area (Å²) in [5.41, 5.74) is 0. The van der Waals surface area contributed by atoms with Gasteiger partial charge in [0.2, 0.25) is 0 Å². The van der Waals surface area contributed by atoms with Crippen LogP contribution >= 0.6 is 0 Å². The van der Waals surface area contributed by atoms with Crippen molar-refractivity contribution in [1.29, 1.82) is 0 Å². The third kappa shape index (κ3) is 12.0. The van der Waals surface area contributed by atoms with E-state index in [1.54, 1.807) is 0 Å². The van der Waals surface area contributed by atoms with Crippen molar-refractivity contribution in [2.45, 2.75) is 50.0 Å². The Bertz CT molecular complexity index is 841. The first kappa shape index (κ1) is 30.5. The quantitative estimate of drug-likeness (QED) is 0.115. The average Bonchev–Trinajstić information content (AvgIpc) is 3.21. The van der Waals surface area contributed by atoms with Crippen LogP contribution in [-0.2, 0) is 29.1 Å². The molecule has 14 nitrogen and oxygen atoms in total. The monoisotopic (exact) mass is 558 g/mol. The molecule has 2 aliphatic rings. The molecule has 0 aromatic heterocycles. The van der Waals surface area contributed by atoms with E-state index in [-0.39, 0.29) is 49.3 Å². The maximum absolute atomic E-state index is 11.6. The smallest absolute Gasteiger partial charge is 0.407 e. The number of aliphatic hydroxyl groups is 2. The Balaban J connectivity index is 1.35. The fraction of sp³-hybridized carbons (Fsp3) is 0.900. The average molecular weight is 559 g/mol. The number of nitrogens with one attached hydrogen (secondary N) is 4. The molecule has 16 heteroatoms. The highest BCUT2D eigenvalue weighted by atomic mass is 32.2. The molecule has 0 aromatic rings. The Hall–Kier alpha value is -1.72. The summed E-state index contributed by atoms with van der Waals surface area (Å²) in [5.74, 6) is -0.769. The first-order valence-corrected chi connectivity index (χ1v) is 15.7. The number of carbonyl (C=O) groups is 2. The first-order chi connectivity index (χ1) is 17.0. The predicted octanol–water partition coefficient (Wildman–Crippen LogP) is -2.51. The molecule has 2 amide bonds. The number of unbranched alkanes of at least 4 members (excludes halogenated alkanes) is 3. The second-order valence-corrected chi connectivity index (χ2v) is 13.3. The SMILES string of the molecule is O=C(NCCCCCCNC(=O)OCCNC1CS(=O)(=O)CC1O)OCCNC1CS(=O)(=O)CC1O. The molecule has 6 N–H and O–H groups in total. The van der Waals surface area contributed by atoms with Crippen LogP contribution in [0.25, 0.3) is 0 Å². The maximum Gasteiger partial charge on any atom is 0.407 e. The molecule has 2 fully saturated rings. The molecule has 0 bridgehead atoms. The van der Waals surface area contributed by atoms with E-state index in [0.717, 1.165) is 25.7 Å². The molecule has 36 heavy (non-hydrogen) atoms. The number of sulfone groups is 2. The largest absolute Gasteiger partial charge is 0.448 e. The summed E-state index contributed by atoms with van der Waals surface area (Å²) in [6.45, 7) is 1.46. The molecule has 4 unspecified atom stereocenters. The zero-order valence-corrected chi connectivity index (χ0v) is 21.8. The summed E-state index contributed by atoms with van der Waals surface area (Å²) in [5, 5.41) is 30.3. The van der Waals surface area contributed by atoms with Gasteiger partial charge in [0.25, 0.3) is 0 Å². The molecule has 2 saturated heterocycles. The lowest BCUT2D eigenvalue weighted by Gasteiger charge is -2.15. The van der Waals surface area contributed by atoms with Crippen molar-refractivity contribution in [2.24, 2.45) is 0 Å². The maximum atomic E-state index is 11.6. The van der Waals surface area contributed by atoms with Gasteiger partial charge >= 0.3 is 12.2 Å². The van der Waals surface area contributed by atoms with Crippen molar-refractivity contribution in [2.75, 3.05) is 62.4 Å². The van der Waals surface area contributed by atoms with Gasteiger partial charge in [0, 0.05) is 38.3 Å². The third-order valence-electron chi connectivity index (χ3n) is 5.77. The minimum atomic E-state index is -3.22. The first-order valence-electron chi connectivity index (χ1n) is 12.0. The van der Waals surface area contributed by atoms with Crippen LogP contribution < -0.4 is 21.3 Å². The van der Waals surface area contributed by atoms with Crippen LogP contribution in [0.2, 0.25) is 0 Å². The van der Waals surface area contributed by atoms with Gasteiger partial charge in [0.05, 0.1) is 35.2 Å². The molecular weight excluding hydrogens is 520 g/mol. The lowest BCUT2D eigenvalue weighted by Crippen LogP contribution is -2.41. The van der Waals surface area contributed by atoms with Crippen molar-refractivity contribution in [3.05, 3.63) is 0 Å². The van der Waals surface area contributed by atoms with Gasteiger partial charge in [-0.3, -0.25) is 0 Å². The fourth-order valence-corrected chi connectivity index (χ4v) is 7.46. The molecule has 2 rings (SSSR count). The second-order valence-electron chi connectivity index (χ2n) is 8.95. The molecule has 210 valence electrons. The second kappa shape index (κ2) is 14.9. The van der Waals surface area contributed by atoms with Gasteiger partial charge in [-0.05, 0) is 12.8 Å². The normalized spacial score (nSPS) is 26.4. The number of alkyl carbamates (subject to hydrolysis) is 2. The lowest BCUT2D eigenvalue weighted by atomic mass is 10.2. The number of hydrogen-bond acceptors (Lipinski definition) is 12. The van der Waals surface area contributed by atoms with Crippen molar-refractivity contribution >= 4 is 31.9 Å². The molecule has 0 saturated carbocycles. The van der Waals surface area contributed by atoms with E-state index in [2.05, 4.69) is 21.3 Å². The van der Waals surface area contributed by atoms with Gasteiger partial charge in [-0.2, -0.15) is 0 Å². The molecular formula is C20H38N4O10S2. The lowest BCUT2D eigenvalue weighted by molar-refractivity contribution is 0.135. The summed E-state index contributed by atoms with van der Waals surface area (Å²) in [6.07, 6.45) is 0.102. The standard InChI is InChI=1S/C20H38N4O10S2/c25-17-13-35(29,30)11-15(17)21-7-9-33-19(27)23-5-3-1-2-4-6-24-20(28)34-10-8-22-16-12-36(31,32)14-18(16)26/h15-18,21-22,25-26H,1-14H2,(H,23,27)(H,24,28). The Morgan fingerprint density at radius 2 is 1.03 bits per heavy atom. The number of carbonyl (C=O) groups excluding carboxylic acids is 2. The summed E-state index contributed by atoms with van der Waals surface area (Å²) >= 11 is 0. The van der Waals surface area contributed by atoms with Crippen LogP contribution in [0.3, 0.4) is 0 Å². The van der Waals surface area contributed by atoms with E-state index in [9.17, 15) is 36.6 Å². The summed E-state index contributed by atoms with van der Waals surface area (Å²) < 4.78 is 55.7. The van der Waals surface area contributed by atoms with Crippen LogP contribution in [-0.4, -0.2) is 126 Å². The minimum Gasteiger partial charge on any atom is -0.448 e. The van der Waals surface area contributed by atoms with E-state index in [1.807, 2.05) is 0 Å². The number of ether oxygens (including phenoxy) is 2. The molecule has 0 aromatic carbocycles. The molecule has 2 heterocycles. The predicted molar refractivity (Wildman–Crippen MR) is 130 cm³/mol. The van der Waals surface area contributed by atoms with E-state index >= 15 is 0 Å². The Morgan fingerprint density at radius 1 is 0.639 bits per heavy atom. The zero-order valence-electron chi connectivity index (χ0n) is 20.2. The van der Waals surface area contributed by atoms with Gasteiger partial charge in [0.1, 0.15) is 13.2 Å². The van der Waals surface area contributed by atoms with Crippen molar-refractivity contribution < 1.29 is 46.1 Å². The Labute approximate surface area is 211 Å². The van der Waals surface area contributed by atoms with Gasteiger partial charge in [0.15, 0.2) is 19.7 Å². The number of rotatable bonds is 15.